The van der Waals surface area contributed by atoms with E-state index in [4.69, 9.17) is 9.47 Å². The number of methoxy groups -OCH3 is 1. The molecule has 0 amide bonds. The zero-order chi connectivity index (χ0) is 22.9. The molecule has 4 aromatic heterocycles. The summed E-state index contributed by atoms with van der Waals surface area (Å²) in [5, 5.41) is 7.91. The Bertz CT molecular complexity index is 1270. The summed E-state index contributed by atoms with van der Waals surface area (Å²) in [6, 6.07) is 4.03. The van der Waals surface area contributed by atoms with Crippen molar-refractivity contribution in [2.45, 2.75) is 44.9 Å². The first kappa shape index (κ1) is 21.7. The molecule has 0 aromatic carbocycles. The van der Waals surface area contributed by atoms with E-state index in [-0.39, 0.29) is 12.1 Å². The van der Waals surface area contributed by atoms with E-state index in [9.17, 15) is 8.78 Å². The number of rotatable bonds is 9. The number of hydrogen-bond acceptors (Lipinski definition) is 7. The van der Waals surface area contributed by atoms with Gasteiger partial charge in [-0.3, -0.25) is 0 Å². The topological polar surface area (TPSA) is 91.4 Å². The summed E-state index contributed by atoms with van der Waals surface area (Å²) in [6.45, 7) is 2.49. The SMILES string of the molecule is COCCO[C@H]1C[C@@H](Nc2ncc3c(-c4cnc5nc(C)n(CC(F)F)c5c4)ccn3n2)C1. The average molecular weight is 457 g/mol. The molecule has 0 spiro atoms. The van der Waals surface area contributed by atoms with Gasteiger partial charge in [0.2, 0.25) is 5.95 Å². The van der Waals surface area contributed by atoms with Crippen molar-refractivity contribution in [3.8, 4) is 11.1 Å². The molecule has 0 unspecified atom stereocenters. The van der Waals surface area contributed by atoms with E-state index in [0.29, 0.717) is 36.2 Å². The van der Waals surface area contributed by atoms with E-state index in [1.165, 1.54) is 4.57 Å². The van der Waals surface area contributed by atoms with Gasteiger partial charge in [0.1, 0.15) is 5.82 Å². The summed E-state index contributed by atoms with van der Waals surface area (Å²) in [5.41, 5.74) is 3.49. The van der Waals surface area contributed by atoms with Crippen LogP contribution in [0.4, 0.5) is 14.7 Å². The maximum atomic E-state index is 13.0. The van der Waals surface area contributed by atoms with E-state index in [0.717, 1.165) is 29.5 Å². The zero-order valence-electron chi connectivity index (χ0n) is 18.4. The molecule has 0 saturated heterocycles. The quantitative estimate of drug-likeness (QED) is 0.386. The van der Waals surface area contributed by atoms with Crippen LogP contribution in [0.25, 0.3) is 27.8 Å². The highest BCUT2D eigenvalue weighted by atomic mass is 19.3. The number of nitrogens with zero attached hydrogens (tertiary/aromatic N) is 6. The van der Waals surface area contributed by atoms with Gasteiger partial charge in [-0.2, -0.15) is 0 Å². The third-order valence-corrected chi connectivity index (χ3v) is 5.91. The molecule has 1 saturated carbocycles. The molecule has 174 valence electrons. The molecular weight excluding hydrogens is 432 g/mol. The Morgan fingerprint density at radius 1 is 1.18 bits per heavy atom. The van der Waals surface area contributed by atoms with Crippen LogP contribution in [0.2, 0.25) is 0 Å². The van der Waals surface area contributed by atoms with Crippen molar-refractivity contribution in [2.75, 3.05) is 25.6 Å². The van der Waals surface area contributed by atoms with Gasteiger partial charge in [0.05, 0.1) is 43.1 Å². The Morgan fingerprint density at radius 2 is 2.03 bits per heavy atom. The van der Waals surface area contributed by atoms with Gasteiger partial charge in [-0.05, 0) is 31.9 Å². The molecule has 0 radical (unpaired) electrons. The van der Waals surface area contributed by atoms with E-state index in [2.05, 4.69) is 25.4 Å². The highest BCUT2D eigenvalue weighted by molar-refractivity contribution is 5.85. The summed E-state index contributed by atoms with van der Waals surface area (Å²) in [4.78, 5) is 13.1. The van der Waals surface area contributed by atoms with Crippen molar-refractivity contribution in [1.82, 2.24) is 29.1 Å². The molecule has 1 aliphatic rings. The van der Waals surface area contributed by atoms with Crippen LogP contribution < -0.4 is 5.32 Å². The number of ether oxygens (including phenoxy) is 2. The first-order chi connectivity index (χ1) is 16.0. The lowest BCUT2D eigenvalue weighted by molar-refractivity contribution is -0.0261. The fourth-order valence-electron chi connectivity index (χ4n) is 4.15. The Morgan fingerprint density at radius 3 is 2.82 bits per heavy atom. The average Bonchev–Trinajstić information content (AvgIpc) is 3.32. The minimum Gasteiger partial charge on any atom is -0.382 e. The monoisotopic (exact) mass is 457 g/mol. The van der Waals surface area contributed by atoms with Gasteiger partial charge < -0.3 is 19.4 Å². The lowest BCUT2D eigenvalue weighted by atomic mass is 9.89. The van der Waals surface area contributed by atoms with Gasteiger partial charge in [-0.15, -0.1) is 5.10 Å². The van der Waals surface area contributed by atoms with Gasteiger partial charge >= 0.3 is 0 Å². The molecule has 0 bridgehead atoms. The van der Waals surface area contributed by atoms with Crippen molar-refractivity contribution < 1.29 is 18.3 Å². The molecule has 1 aliphatic carbocycles. The molecule has 1 N–H and O–H groups in total. The minimum absolute atomic E-state index is 0.240. The fraction of sp³-hybridized carbons (Fsp3) is 0.455. The molecular formula is C22H25F2N7O2. The van der Waals surface area contributed by atoms with Crippen molar-refractivity contribution in [1.29, 1.82) is 0 Å². The van der Waals surface area contributed by atoms with E-state index in [1.807, 2.05) is 18.3 Å². The summed E-state index contributed by atoms with van der Waals surface area (Å²) < 4.78 is 40.0. The largest absolute Gasteiger partial charge is 0.382 e. The molecule has 4 aromatic rings. The smallest absolute Gasteiger partial charge is 0.256 e. The van der Waals surface area contributed by atoms with Gasteiger partial charge in [0.25, 0.3) is 6.43 Å². The normalized spacial score (nSPS) is 18.3. The second-order valence-electron chi connectivity index (χ2n) is 8.17. The second-order valence-corrected chi connectivity index (χ2v) is 8.17. The predicted molar refractivity (Wildman–Crippen MR) is 119 cm³/mol. The standard InChI is InChI=1S/C22H25F2N7O2/c1-13-27-21-18(30(13)12-20(23)24)7-14(10-25-21)17-3-4-31-19(17)11-26-22(29-31)28-15-8-16(9-15)33-6-5-32-2/h3-4,7,10-11,15-16,20H,5-6,8-9,12H2,1-2H3,(H,28,29)/t15-,16+. The van der Waals surface area contributed by atoms with Crippen LogP contribution in [0.1, 0.15) is 18.7 Å². The summed E-state index contributed by atoms with van der Waals surface area (Å²) in [6.07, 6.45) is 4.87. The molecule has 33 heavy (non-hydrogen) atoms. The van der Waals surface area contributed by atoms with Crippen LogP contribution in [-0.4, -0.2) is 68.0 Å². The van der Waals surface area contributed by atoms with Crippen LogP contribution in [-0.2, 0) is 16.0 Å². The second kappa shape index (κ2) is 8.99. The van der Waals surface area contributed by atoms with Gasteiger partial charge in [0, 0.05) is 36.7 Å². The number of fused-ring (bicyclic) bond motifs is 2. The van der Waals surface area contributed by atoms with Gasteiger partial charge in [0.15, 0.2) is 5.65 Å². The maximum absolute atomic E-state index is 13.0. The Kier molecular flexibility index (Phi) is 5.90. The number of imidazole rings is 1. The Labute approximate surface area is 188 Å². The number of pyridine rings is 1. The lowest BCUT2D eigenvalue weighted by Crippen LogP contribution is -2.41. The zero-order valence-corrected chi connectivity index (χ0v) is 18.4. The van der Waals surface area contributed by atoms with Crippen molar-refractivity contribution >= 4 is 22.6 Å². The molecule has 11 heteroatoms. The third kappa shape index (κ3) is 4.38. The highest BCUT2D eigenvalue weighted by Gasteiger charge is 2.30. The van der Waals surface area contributed by atoms with Gasteiger partial charge in [-0.1, -0.05) is 0 Å². The first-order valence-electron chi connectivity index (χ1n) is 10.8. The Hall–Kier alpha value is -3.18. The summed E-state index contributed by atoms with van der Waals surface area (Å²) >= 11 is 0. The molecule has 9 nitrogen and oxygen atoms in total. The van der Waals surface area contributed by atoms with Crippen LogP contribution in [0.5, 0.6) is 0 Å². The molecule has 0 atom stereocenters. The van der Waals surface area contributed by atoms with E-state index >= 15 is 0 Å². The minimum atomic E-state index is -2.47. The highest BCUT2D eigenvalue weighted by Crippen LogP contribution is 2.29. The molecule has 4 heterocycles. The first-order valence-corrected chi connectivity index (χ1v) is 10.8. The van der Waals surface area contributed by atoms with Crippen LogP contribution in [0.3, 0.4) is 0 Å². The number of nitrogens with one attached hydrogen (secondary N) is 1. The van der Waals surface area contributed by atoms with Crippen LogP contribution >= 0.6 is 0 Å². The van der Waals surface area contributed by atoms with Crippen LogP contribution in [0, 0.1) is 6.92 Å². The molecule has 5 rings (SSSR count). The molecule has 0 aliphatic heterocycles. The third-order valence-electron chi connectivity index (χ3n) is 5.91. The van der Waals surface area contributed by atoms with E-state index < -0.39 is 13.0 Å². The number of anilines is 1. The number of halogens is 2. The van der Waals surface area contributed by atoms with Crippen molar-refractivity contribution in [3.05, 3.63) is 36.5 Å². The Balaban J connectivity index is 1.33. The van der Waals surface area contributed by atoms with Gasteiger partial charge in [-0.25, -0.2) is 28.2 Å². The maximum Gasteiger partial charge on any atom is 0.256 e. The van der Waals surface area contributed by atoms with E-state index in [1.54, 1.807) is 30.9 Å². The van der Waals surface area contributed by atoms with Crippen molar-refractivity contribution in [3.63, 3.8) is 0 Å². The van der Waals surface area contributed by atoms with Crippen LogP contribution in [0.15, 0.2) is 30.7 Å². The number of hydrogen-bond donors (Lipinski definition) is 1. The number of aromatic nitrogens is 6. The fourth-order valence-corrected chi connectivity index (χ4v) is 4.15. The number of alkyl halides is 2. The van der Waals surface area contributed by atoms with Crippen molar-refractivity contribution in [2.24, 2.45) is 0 Å². The predicted octanol–water partition coefficient (Wildman–Crippen LogP) is 3.32. The summed E-state index contributed by atoms with van der Waals surface area (Å²) in [5.74, 6) is 1.06. The lowest BCUT2D eigenvalue weighted by Gasteiger charge is -2.35. The summed E-state index contributed by atoms with van der Waals surface area (Å²) in [7, 11) is 1.66. The number of aryl methyl sites for hydroxylation is 1. The molecule has 1 fully saturated rings.